The molecule has 0 aromatic carbocycles. The highest BCUT2D eigenvalue weighted by atomic mass is 16.3. The van der Waals surface area contributed by atoms with Crippen molar-refractivity contribution in [2.24, 2.45) is 17.6 Å². The highest BCUT2D eigenvalue weighted by Crippen LogP contribution is 2.40. The molecule has 2 unspecified atom stereocenters. The van der Waals surface area contributed by atoms with Crippen molar-refractivity contribution in [1.82, 2.24) is 0 Å². The zero-order valence-electron chi connectivity index (χ0n) is 7.00. The third kappa shape index (κ3) is 0.993. The highest BCUT2D eigenvalue weighted by Gasteiger charge is 2.56. The predicted molar refractivity (Wildman–Crippen MR) is 41.7 cm³/mol. The van der Waals surface area contributed by atoms with Gasteiger partial charge in [-0.2, -0.15) is 0 Å². The smallest absolute Gasteiger partial charge is 0.147 e. The molecule has 0 aromatic heterocycles. The van der Waals surface area contributed by atoms with Crippen LogP contribution in [0.3, 0.4) is 0 Å². The Morgan fingerprint density at radius 1 is 1.45 bits per heavy atom. The summed E-state index contributed by atoms with van der Waals surface area (Å²) in [7, 11) is 0. The topological polar surface area (TPSA) is 63.3 Å². The zero-order valence-corrected chi connectivity index (χ0v) is 7.00. The first kappa shape index (κ1) is 8.68. The van der Waals surface area contributed by atoms with Crippen molar-refractivity contribution >= 4 is 5.78 Å². The third-order valence-corrected chi connectivity index (χ3v) is 2.62. The van der Waals surface area contributed by atoms with Crippen molar-refractivity contribution in [3.05, 3.63) is 0 Å². The van der Waals surface area contributed by atoms with Crippen LogP contribution in [-0.4, -0.2) is 16.6 Å². The molecule has 1 saturated carbocycles. The van der Waals surface area contributed by atoms with Gasteiger partial charge >= 0.3 is 0 Å². The minimum Gasteiger partial charge on any atom is -0.375 e. The molecule has 0 spiro atoms. The van der Waals surface area contributed by atoms with Crippen LogP contribution in [-0.2, 0) is 4.79 Å². The Kier molecular flexibility index (Phi) is 2.03. The summed E-state index contributed by atoms with van der Waals surface area (Å²) in [5.41, 5.74) is 4.33. The predicted octanol–water partition coefficient (Wildman–Crippen LogP) is 0.269. The molecular formula is C8H15NO2. The Bertz CT molecular complexity index is 161. The van der Waals surface area contributed by atoms with Gasteiger partial charge in [-0.05, 0) is 12.8 Å². The maximum atomic E-state index is 11.2. The van der Waals surface area contributed by atoms with Crippen LogP contribution in [0.15, 0.2) is 0 Å². The van der Waals surface area contributed by atoms with Crippen LogP contribution >= 0.6 is 0 Å². The van der Waals surface area contributed by atoms with Crippen molar-refractivity contribution in [2.75, 3.05) is 0 Å². The van der Waals surface area contributed by atoms with Crippen LogP contribution in [0.5, 0.6) is 0 Å². The molecule has 11 heavy (non-hydrogen) atoms. The van der Waals surface area contributed by atoms with E-state index in [1.807, 2.05) is 13.8 Å². The molecule has 1 rings (SSSR count). The number of rotatable bonds is 2. The van der Waals surface area contributed by atoms with Crippen LogP contribution in [0.2, 0.25) is 0 Å². The van der Waals surface area contributed by atoms with E-state index in [4.69, 9.17) is 5.73 Å². The fourth-order valence-corrected chi connectivity index (χ4v) is 1.90. The van der Waals surface area contributed by atoms with Gasteiger partial charge in [-0.25, -0.2) is 0 Å². The van der Waals surface area contributed by atoms with Gasteiger partial charge in [-0.15, -0.1) is 0 Å². The average molecular weight is 157 g/mol. The van der Waals surface area contributed by atoms with Crippen LogP contribution in [0.1, 0.15) is 26.7 Å². The summed E-state index contributed by atoms with van der Waals surface area (Å²) < 4.78 is 0. The molecule has 3 nitrogen and oxygen atoms in total. The Labute approximate surface area is 66.6 Å². The third-order valence-electron chi connectivity index (χ3n) is 2.62. The van der Waals surface area contributed by atoms with Gasteiger partial charge in [0.1, 0.15) is 11.5 Å². The van der Waals surface area contributed by atoms with Gasteiger partial charge in [-0.1, -0.05) is 13.8 Å². The number of hydrogen-bond acceptors (Lipinski definition) is 3. The highest BCUT2D eigenvalue weighted by molar-refractivity contribution is 5.92. The minimum atomic E-state index is -1.22. The molecule has 0 aromatic rings. The van der Waals surface area contributed by atoms with Gasteiger partial charge in [0.25, 0.3) is 0 Å². The van der Waals surface area contributed by atoms with E-state index in [-0.39, 0.29) is 17.6 Å². The summed E-state index contributed by atoms with van der Waals surface area (Å²) in [6.45, 7) is 3.73. The molecule has 64 valence electrons. The number of nitrogens with two attached hydrogens (primary N) is 1. The van der Waals surface area contributed by atoms with Crippen molar-refractivity contribution in [3.63, 3.8) is 0 Å². The van der Waals surface area contributed by atoms with Crippen molar-refractivity contribution in [1.29, 1.82) is 0 Å². The first-order chi connectivity index (χ1) is 5.05. The zero-order chi connectivity index (χ0) is 8.65. The molecule has 1 aliphatic carbocycles. The summed E-state index contributed by atoms with van der Waals surface area (Å²) in [4.78, 5) is 11.2. The molecule has 2 atom stereocenters. The monoisotopic (exact) mass is 157 g/mol. The number of aliphatic hydroxyl groups is 1. The Morgan fingerprint density at radius 2 is 1.82 bits per heavy atom. The number of ketones is 1. The van der Waals surface area contributed by atoms with Crippen LogP contribution in [0, 0.1) is 11.8 Å². The second-order valence-electron chi connectivity index (χ2n) is 3.21. The molecule has 0 bridgehead atoms. The van der Waals surface area contributed by atoms with Gasteiger partial charge in [0.05, 0.1) is 11.8 Å². The maximum Gasteiger partial charge on any atom is 0.147 e. The van der Waals surface area contributed by atoms with Crippen LogP contribution in [0.25, 0.3) is 0 Å². The summed E-state index contributed by atoms with van der Waals surface area (Å²) in [6.07, 6.45) is 1.28. The molecule has 3 heteroatoms. The van der Waals surface area contributed by atoms with E-state index in [0.29, 0.717) is 12.8 Å². The molecule has 0 amide bonds. The van der Waals surface area contributed by atoms with E-state index < -0.39 is 5.72 Å². The largest absolute Gasteiger partial charge is 0.375 e. The first-order valence-corrected chi connectivity index (χ1v) is 4.10. The number of carbonyl (C=O) groups is 1. The van der Waals surface area contributed by atoms with Crippen molar-refractivity contribution in [3.8, 4) is 0 Å². The molecule has 1 aliphatic rings. The van der Waals surface area contributed by atoms with Crippen molar-refractivity contribution in [2.45, 2.75) is 32.4 Å². The van der Waals surface area contributed by atoms with E-state index in [1.165, 1.54) is 0 Å². The summed E-state index contributed by atoms with van der Waals surface area (Å²) in [6, 6.07) is 0. The summed E-state index contributed by atoms with van der Waals surface area (Å²) in [5.74, 6) is -0.528. The molecule has 3 N–H and O–H groups in total. The second kappa shape index (κ2) is 2.57. The molecule has 0 saturated heterocycles. The van der Waals surface area contributed by atoms with E-state index in [1.54, 1.807) is 0 Å². The van der Waals surface area contributed by atoms with E-state index in [0.717, 1.165) is 0 Å². The normalized spacial score (nSPS) is 43.8. The Balaban J connectivity index is 2.70. The fourth-order valence-electron chi connectivity index (χ4n) is 1.90. The lowest BCUT2D eigenvalue weighted by Crippen LogP contribution is -2.68. The molecule has 0 aliphatic heterocycles. The van der Waals surface area contributed by atoms with Gasteiger partial charge in [0, 0.05) is 0 Å². The summed E-state index contributed by atoms with van der Waals surface area (Å²) in [5, 5.41) is 9.56. The number of carbonyl (C=O) groups excluding carboxylic acids is 1. The van der Waals surface area contributed by atoms with Gasteiger partial charge in [0.15, 0.2) is 0 Å². The molecule has 0 heterocycles. The lowest BCUT2D eigenvalue weighted by molar-refractivity contribution is -0.176. The average Bonchev–Trinajstić information content (AvgIpc) is 1.88. The van der Waals surface area contributed by atoms with Gasteiger partial charge in [-0.3, -0.25) is 4.79 Å². The molecule has 0 radical (unpaired) electrons. The summed E-state index contributed by atoms with van der Waals surface area (Å²) >= 11 is 0. The number of Topliss-reactive ketones (excluding diaryl/α,β-unsaturated/α-hetero) is 1. The van der Waals surface area contributed by atoms with E-state index in [9.17, 15) is 9.90 Å². The minimum absolute atomic E-state index is 0.125. The maximum absolute atomic E-state index is 11.2. The number of hydrogen-bond donors (Lipinski definition) is 2. The van der Waals surface area contributed by atoms with Crippen LogP contribution < -0.4 is 5.73 Å². The van der Waals surface area contributed by atoms with E-state index >= 15 is 0 Å². The lowest BCUT2D eigenvalue weighted by atomic mass is 9.63. The molecular weight excluding hydrogens is 142 g/mol. The lowest BCUT2D eigenvalue weighted by Gasteiger charge is -2.47. The van der Waals surface area contributed by atoms with Gasteiger partial charge in [0.2, 0.25) is 0 Å². The Morgan fingerprint density at radius 3 is 2.00 bits per heavy atom. The SMILES string of the molecule is CCC1C(=O)C(CC)C1(N)O. The fraction of sp³-hybridized carbons (Fsp3) is 0.875. The van der Waals surface area contributed by atoms with Gasteiger partial charge < -0.3 is 10.8 Å². The molecule has 1 fully saturated rings. The Hall–Kier alpha value is -0.410. The quantitative estimate of drug-likeness (QED) is 0.565. The van der Waals surface area contributed by atoms with E-state index in [2.05, 4.69) is 0 Å². The standard InChI is InChI=1S/C8H15NO2/c1-3-5-7(10)6(4-2)8(5,9)11/h5-6,11H,3-4,9H2,1-2H3. The van der Waals surface area contributed by atoms with Crippen LogP contribution in [0.4, 0.5) is 0 Å². The first-order valence-electron chi connectivity index (χ1n) is 4.10. The second-order valence-corrected chi connectivity index (χ2v) is 3.21. The van der Waals surface area contributed by atoms with Crippen molar-refractivity contribution < 1.29 is 9.90 Å².